The lowest BCUT2D eigenvalue weighted by atomic mass is 9.99. The lowest BCUT2D eigenvalue weighted by Gasteiger charge is -2.14. The van der Waals surface area contributed by atoms with E-state index in [9.17, 15) is 24.5 Å². The molecule has 0 aliphatic heterocycles. The van der Waals surface area contributed by atoms with Crippen molar-refractivity contribution in [2.45, 2.75) is 26.9 Å². The highest BCUT2D eigenvalue weighted by Gasteiger charge is 2.22. The summed E-state index contributed by atoms with van der Waals surface area (Å²) < 4.78 is 9.99. The largest absolute Gasteiger partial charge is 0.490 e. The smallest absolute Gasteiger partial charge is 0.326 e. The highest BCUT2D eigenvalue weighted by Crippen LogP contribution is 2.27. The third-order valence-electron chi connectivity index (χ3n) is 4.37. The summed E-state index contributed by atoms with van der Waals surface area (Å²) >= 11 is 0. The summed E-state index contributed by atoms with van der Waals surface area (Å²) in [4.78, 5) is 47.1. The number of ether oxygens (including phenoxy) is 2. The molecule has 0 aliphatic carbocycles. The van der Waals surface area contributed by atoms with Crippen LogP contribution in [0.1, 0.15) is 38.8 Å². The molecule has 1 amide bonds. The predicted octanol–water partition coefficient (Wildman–Crippen LogP) is 2.76. The van der Waals surface area contributed by atoms with Gasteiger partial charge in [-0.25, -0.2) is 0 Å². The van der Waals surface area contributed by atoms with Crippen LogP contribution in [0.4, 0.5) is 5.69 Å². The number of aryl methyl sites for hydroxylation is 2. The van der Waals surface area contributed by atoms with Gasteiger partial charge >= 0.3 is 11.7 Å². The van der Waals surface area contributed by atoms with Crippen LogP contribution < -0.4 is 10.1 Å². The van der Waals surface area contributed by atoms with Crippen molar-refractivity contribution in [3.63, 3.8) is 0 Å². The molecule has 0 bridgehead atoms. The second-order valence-corrected chi connectivity index (χ2v) is 6.64. The molecule has 0 radical (unpaired) electrons. The number of benzene rings is 2. The molecule has 9 nitrogen and oxygen atoms in total. The molecule has 9 heteroatoms. The minimum Gasteiger partial charge on any atom is -0.490 e. The number of Topliss-reactive ketones (excluding diaryl/α,β-unsaturated/α-hetero) is 1. The van der Waals surface area contributed by atoms with Gasteiger partial charge in [-0.2, -0.15) is 0 Å². The van der Waals surface area contributed by atoms with Gasteiger partial charge in [0.15, 0.2) is 11.9 Å². The van der Waals surface area contributed by atoms with Gasteiger partial charge in [-0.3, -0.25) is 24.5 Å². The van der Waals surface area contributed by atoms with Gasteiger partial charge < -0.3 is 14.8 Å². The molecular formula is C21H22N2O7. The van der Waals surface area contributed by atoms with E-state index < -0.39 is 29.4 Å². The average Bonchev–Trinajstić information content (AvgIpc) is 2.72. The minimum atomic E-state index is -1.03. The van der Waals surface area contributed by atoms with Gasteiger partial charge in [-0.05, 0) is 44.5 Å². The zero-order valence-corrected chi connectivity index (χ0v) is 17.1. The van der Waals surface area contributed by atoms with Crippen molar-refractivity contribution in [1.29, 1.82) is 0 Å². The summed E-state index contributed by atoms with van der Waals surface area (Å²) in [5, 5.41) is 13.4. The molecule has 2 aromatic rings. The fourth-order valence-electron chi connectivity index (χ4n) is 2.74. The number of rotatable bonds is 8. The Hall–Kier alpha value is -3.75. The first-order valence-corrected chi connectivity index (χ1v) is 9.05. The maximum atomic E-state index is 12.5. The lowest BCUT2D eigenvalue weighted by molar-refractivity contribution is -0.385. The van der Waals surface area contributed by atoms with E-state index in [-0.39, 0.29) is 22.8 Å². The van der Waals surface area contributed by atoms with Crippen molar-refractivity contribution in [2.24, 2.45) is 0 Å². The van der Waals surface area contributed by atoms with Crippen LogP contribution in [0.2, 0.25) is 0 Å². The first-order valence-electron chi connectivity index (χ1n) is 9.05. The quantitative estimate of drug-likeness (QED) is 0.305. The van der Waals surface area contributed by atoms with Crippen LogP contribution in [0.15, 0.2) is 36.4 Å². The Morgan fingerprint density at radius 2 is 1.83 bits per heavy atom. The Kier molecular flexibility index (Phi) is 7.24. The van der Waals surface area contributed by atoms with Crippen molar-refractivity contribution in [3.8, 4) is 5.75 Å². The molecule has 0 fully saturated rings. The summed E-state index contributed by atoms with van der Waals surface area (Å²) in [6.45, 7) is 4.60. The first-order chi connectivity index (χ1) is 14.1. The molecule has 0 saturated heterocycles. The molecule has 0 unspecified atom stereocenters. The van der Waals surface area contributed by atoms with E-state index in [0.29, 0.717) is 5.56 Å². The van der Waals surface area contributed by atoms with E-state index in [1.807, 2.05) is 19.1 Å². The Morgan fingerprint density at radius 1 is 1.13 bits per heavy atom. The summed E-state index contributed by atoms with van der Waals surface area (Å²) in [5.74, 6) is -1.85. The van der Waals surface area contributed by atoms with Crippen LogP contribution in [0.25, 0.3) is 0 Å². The maximum absolute atomic E-state index is 12.5. The van der Waals surface area contributed by atoms with E-state index >= 15 is 0 Å². The summed E-state index contributed by atoms with van der Waals surface area (Å²) in [7, 11) is 1.28. The van der Waals surface area contributed by atoms with Crippen LogP contribution in [-0.4, -0.2) is 42.3 Å². The number of nitro groups is 1. The Bertz CT molecular complexity index is 1000. The third kappa shape index (κ3) is 5.40. The molecule has 0 saturated carbocycles. The molecule has 1 atom stereocenters. The minimum absolute atomic E-state index is 0.00902. The van der Waals surface area contributed by atoms with Crippen molar-refractivity contribution >= 4 is 23.3 Å². The predicted molar refractivity (Wildman–Crippen MR) is 108 cm³/mol. The average molecular weight is 414 g/mol. The number of carbonyl (C=O) groups excluding carboxylic acids is 3. The second kappa shape index (κ2) is 9.64. The number of nitrogens with one attached hydrogen (secondary N) is 1. The van der Waals surface area contributed by atoms with Crippen LogP contribution in [0.5, 0.6) is 5.75 Å². The number of methoxy groups -OCH3 is 1. The van der Waals surface area contributed by atoms with Crippen molar-refractivity contribution in [3.05, 3.63) is 68.8 Å². The van der Waals surface area contributed by atoms with Gasteiger partial charge in [-0.15, -0.1) is 0 Å². The topological polar surface area (TPSA) is 125 Å². The summed E-state index contributed by atoms with van der Waals surface area (Å²) in [6, 6.07) is 9.08. The molecule has 30 heavy (non-hydrogen) atoms. The summed E-state index contributed by atoms with van der Waals surface area (Å²) in [6.07, 6.45) is -1.03. The fraction of sp³-hybridized carbons (Fsp3) is 0.286. The third-order valence-corrected chi connectivity index (χ3v) is 4.37. The number of hydrogen-bond acceptors (Lipinski definition) is 7. The molecule has 0 spiro atoms. The van der Waals surface area contributed by atoms with Gasteiger partial charge in [0, 0.05) is 17.2 Å². The van der Waals surface area contributed by atoms with E-state index in [1.165, 1.54) is 26.2 Å². The van der Waals surface area contributed by atoms with Gasteiger partial charge in [0.25, 0.3) is 5.91 Å². The van der Waals surface area contributed by atoms with Gasteiger partial charge in [0.2, 0.25) is 5.78 Å². The monoisotopic (exact) mass is 414 g/mol. The number of hydrogen-bond donors (Lipinski definition) is 1. The highest BCUT2D eigenvalue weighted by molar-refractivity contribution is 6.02. The summed E-state index contributed by atoms with van der Waals surface area (Å²) in [5.41, 5.74) is 1.74. The van der Waals surface area contributed by atoms with Crippen LogP contribution in [0.3, 0.4) is 0 Å². The van der Waals surface area contributed by atoms with Gasteiger partial charge in [-0.1, -0.05) is 17.7 Å². The van der Waals surface area contributed by atoms with E-state index in [4.69, 9.17) is 9.47 Å². The first kappa shape index (κ1) is 22.5. The SMILES string of the molecule is COc1ccc(C(=O)NCC(=O)O[C@H](C)C(=O)c2cc(C)ccc2C)cc1[N+](=O)[O-]. The Morgan fingerprint density at radius 3 is 2.47 bits per heavy atom. The van der Waals surface area contributed by atoms with E-state index in [1.54, 1.807) is 13.0 Å². The normalized spacial score (nSPS) is 11.3. The Labute approximate surface area is 173 Å². The molecule has 0 aromatic heterocycles. The standard InChI is InChI=1S/C21H22N2O7/c1-12-5-6-13(2)16(9-12)20(25)14(3)30-19(24)11-22-21(26)15-7-8-18(29-4)17(10-15)23(27)28/h5-10,14H,11H2,1-4H3,(H,22,26)/t14-/m1/s1. The van der Waals surface area contributed by atoms with Gasteiger partial charge in [0.1, 0.15) is 6.54 Å². The van der Waals surface area contributed by atoms with Crippen molar-refractivity contribution in [1.82, 2.24) is 5.32 Å². The molecule has 2 aromatic carbocycles. The van der Waals surface area contributed by atoms with Crippen molar-refractivity contribution < 1.29 is 28.8 Å². The van der Waals surface area contributed by atoms with Gasteiger partial charge in [0.05, 0.1) is 12.0 Å². The fourth-order valence-corrected chi connectivity index (χ4v) is 2.74. The number of ketones is 1. The highest BCUT2D eigenvalue weighted by atomic mass is 16.6. The molecule has 0 heterocycles. The molecule has 2 rings (SSSR count). The molecule has 158 valence electrons. The second-order valence-electron chi connectivity index (χ2n) is 6.64. The van der Waals surface area contributed by atoms with Crippen molar-refractivity contribution in [2.75, 3.05) is 13.7 Å². The zero-order valence-electron chi connectivity index (χ0n) is 17.1. The maximum Gasteiger partial charge on any atom is 0.326 e. The number of carbonyl (C=O) groups is 3. The molecular weight excluding hydrogens is 392 g/mol. The molecule has 0 aliphatic rings. The number of nitro benzene ring substituents is 1. The van der Waals surface area contributed by atoms with E-state index in [0.717, 1.165) is 17.2 Å². The lowest BCUT2D eigenvalue weighted by Crippen LogP contribution is -2.34. The Balaban J connectivity index is 1.98. The van der Waals surface area contributed by atoms with E-state index in [2.05, 4.69) is 5.32 Å². The molecule has 1 N–H and O–H groups in total. The van der Waals surface area contributed by atoms with Crippen LogP contribution in [-0.2, 0) is 9.53 Å². The number of esters is 1. The van der Waals surface area contributed by atoms with Crippen LogP contribution in [0, 0.1) is 24.0 Å². The zero-order chi connectivity index (χ0) is 22.4. The van der Waals surface area contributed by atoms with Crippen LogP contribution >= 0.6 is 0 Å². The number of amides is 1. The number of nitrogens with zero attached hydrogens (tertiary/aromatic N) is 1.